The molecule has 2 heteroatoms. The topological polar surface area (TPSA) is 15.3 Å². The van der Waals surface area contributed by atoms with Gasteiger partial charge >= 0.3 is 0 Å². The second kappa shape index (κ2) is 8.38. The normalized spacial score (nSPS) is 33.3. The second-order valence-corrected chi connectivity index (χ2v) is 7.63. The zero-order valence-corrected chi connectivity index (χ0v) is 14.0. The molecular weight excluding hydrogens is 244 g/mol. The van der Waals surface area contributed by atoms with E-state index < -0.39 is 0 Å². The first kappa shape index (κ1) is 16.3. The molecule has 1 saturated heterocycles. The molecule has 20 heavy (non-hydrogen) atoms. The van der Waals surface area contributed by atoms with Crippen LogP contribution in [0.15, 0.2) is 0 Å². The highest BCUT2D eigenvalue weighted by molar-refractivity contribution is 4.77. The molecule has 0 aromatic heterocycles. The Kier molecular flexibility index (Phi) is 6.83. The maximum Gasteiger partial charge on any atom is 0.00797 e. The molecular formula is C18H36N2. The summed E-state index contributed by atoms with van der Waals surface area (Å²) in [6.45, 7) is 10.9. The Morgan fingerprint density at radius 2 is 1.75 bits per heavy atom. The fourth-order valence-corrected chi connectivity index (χ4v) is 3.95. The van der Waals surface area contributed by atoms with Gasteiger partial charge in [-0.15, -0.1) is 0 Å². The Bertz CT molecular complexity index is 256. The minimum Gasteiger partial charge on any atom is -0.314 e. The van der Waals surface area contributed by atoms with Crippen LogP contribution in [0.5, 0.6) is 0 Å². The van der Waals surface area contributed by atoms with Gasteiger partial charge in [0, 0.05) is 12.1 Å². The van der Waals surface area contributed by atoms with E-state index in [-0.39, 0.29) is 0 Å². The van der Waals surface area contributed by atoms with Gasteiger partial charge in [0.15, 0.2) is 0 Å². The fourth-order valence-electron chi connectivity index (χ4n) is 3.95. The molecule has 2 rings (SSSR count). The Morgan fingerprint density at radius 3 is 2.45 bits per heavy atom. The fraction of sp³-hybridized carbons (Fsp3) is 1.00. The lowest BCUT2D eigenvalue weighted by Crippen LogP contribution is -2.34. The number of rotatable bonds is 5. The van der Waals surface area contributed by atoms with Gasteiger partial charge in [0.25, 0.3) is 0 Å². The Morgan fingerprint density at radius 1 is 1.00 bits per heavy atom. The lowest BCUT2D eigenvalue weighted by molar-refractivity contribution is 0.228. The van der Waals surface area contributed by atoms with Crippen LogP contribution in [0, 0.1) is 11.8 Å². The third-order valence-corrected chi connectivity index (χ3v) is 5.61. The van der Waals surface area contributed by atoms with Crippen LogP contribution in [-0.2, 0) is 0 Å². The van der Waals surface area contributed by atoms with Crippen molar-refractivity contribution in [1.29, 1.82) is 0 Å². The molecule has 0 radical (unpaired) electrons. The molecule has 1 unspecified atom stereocenters. The van der Waals surface area contributed by atoms with Crippen molar-refractivity contribution in [1.82, 2.24) is 10.2 Å². The zero-order chi connectivity index (χ0) is 14.4. The molecule has 1 atom stereocenters. The first-order chi connectivity index (χ1) is 9.65. The van der Waals surface area contributed by atoms with Gasteiger partial charge in [0.1, 0.15) is 0 Å². The number of nitrogens with zero attached hydrogens (tertiary/aromatic N) is 1. The maximum absolute atomic E-state index is 3.85. The van der Waals surface area contributed by atoms with Gasteiger partial charge in [-0.25, -0.2) is 0 Å². The summed E-state index contributed by atoms with van der Waals surface area (Å²) >= 11 is 0. The zero-order valence-electron chi connectivity index (χ0n) is 14.0. The second-order valence-electron chi connectivity index (χ2n) is 7.63. The molecule has 2 aliphatic rings. The average Bonchev–Trinajstić information content (AvgIpc) is 2.67. The van der Waals surface area contributed by atoms with Gasteiger partial charge in [-0.3, -0.25) is 0 Å². The van der Waals surface area contributed by atoms with Crippen LogP contribution in [0.2, 0.25) is 0 Å². The highest BCUT2D eigenvalue weighted by Gasteiger charge is 2.20. The first-order valence-corrected chi connectivity index (χ1v) is 9.12. The van der Waals surface area contributed by atoms with Crippen molar-refractivity contribution >= 4 is 0 Å². The molecule has 2 fully saturated rings. The molecule has 1 saturated carbocycles. The van der Waals surface area contributed by atoms with Crippen molar-refractivity contribution in [2.45, 2.75) is 84.2 Å². The smallest absolute Gasteiger partial charge is 0.00797 e. The van der Waals surface area contributed by atoms with E-state index >= 15 is 0 Å². The predicted octanol–water partition coefficient (Wildman–Crippen LogP) is 4.06. The van der Waals surface area contributed by atoms with Crippen molar-refractivity contribution in [2.75, 3.05) is 19.6 Å². The molecule has 118 valence electrons. The lowest BCUT2D eigenvalue weighted by atomic mass is 9.81. The summed E-state index contributed by atoms with van der Waals surface area (Å²) in [7, 11) is 0. The highest BCUT2D eigenvalue weighted by Crippen LogP contribution is 2.30. The summed E-state index contributed by atoms with van der Waals surface area (Å²) in [5.74, 6) is 2.00. The molecule has 0 aromatic carbocycles. The van der Waals surface area contributed by atoms with Gasteiger partial charge in [-0.1, -0.05) is 32.6 Å². The van der Waals surface area contributed by atoms with E-state index in [9.17, 15) is 0 Å². The Hall–Kier alpha value is -0.0800. The summed E-state index contributed by atoms with van der Waals surface area (Å²) in [4.78, 5) is 2.64. The molecule has 2 nitrogen and oxygen atoms in total. The van der Waals surface area contributed by atoms with Crippen LogP contribution >= 0.6 is 0 Å². The Labute approximate surface area is 126 Å². The third kappa shape index (κ3) is 5.37. The molecule has 0 aromatic rings. The van der Waals surface area contributed by atoms with Gasteiger partial charge in [-0.05, 0) is 71.0 Å². The van der Waals surface area contributed by atoms with Crippen molar-refractivity contribution in [2.24, 2.45) is 11.8 Å². The average molecular weight is 280 g/mol. The lowest BCUT2D eigenvalue weighted by Gasteiger charge is -2.27. The molecule has 0 bridgehead atoms. The molecule has 1 aliphatic heterocycles. The SMILES string of the molecule is CC1CCC(CCNC2CCCN(C(C)C)CC2)CC1. The minimum absolute atomic E-state index is 0.720. The van der Waals surface area contributed by atoms with Crippen LogP contribution in [0.4, 0.5) is 0 Å². The summed E-state index contributed by atoms with van der Waals surface area (Å²) in [5, 5.41) is 3.85. The molecule has 0 amide bonds. The van der Waals surface area contributed by atoms with E-state index in [4.69, 9.17) is 0 Å². The van der Waals surface area contributed by atoms with Gasteiger partial charge in [0.05, 0.1) is 0 Å². The minimum atomic E-state index is 0.720. The first-order valence-electron chi connectivity index (χ1n) is 9.12. The monoisotopic (exact) mass is 280 g/mol. The van der Waals surface area contributed by atoms with E-state index in [0.717, 1.165) is 23.9 Å². The van der Waals surface area contributed by atoms with E-state index in [1.54, 1.807) is 0 Å². The van der Waals surface area contributed by atoms with Crippen molar-refractivity contribution in [3.63, 3.8) is 0 Å². The molecule has 0 spiro atoms. The van der Waals surface area contributed by atoms with E-state index in [1.165, 1.54) is 71.0 Å². The van der Waals surface area contributed by atoms with E-state index in [1.807, 2.05) is 0 Å². The van der Waals surface area contributed by atoms with Crippen LogP contribution in [0.3, 0.4) is 0 Å². The van der Waals surface area contributed by atoms with E-state index in [0.29, 0.717) is 0 Å². The number of hydrogen-bond acceptors (Lipinski definition) is 2. The van der Waals surface area contributed by atoms with Crippen LogP contribution in [-0.4, -0.2) is 36.6 Å². The predicted molar refractivity (Wildman–Crippen MR) is 88.1 cm³/mol. The van der Waals surface area contributed by atoms with Gasteiger partial charge < -0.3 is 10.2 Å². The molecule has 1 N–H and O–H groups in total. The van der Waals surface area contributed by atoms with Crippen LogP contribution in [0.25, 0.3) is 0 Å². The summed E-state index contributed by atoms with van der Waals surface area (Å²) in [5.41, 5.74) is 0. The number of nitrogens with one attached hydrogen (secondary N) is 1. The quantitative estimate of drug-likeness (QED) is 0.817. The van der Waals surface area contributed by atoms with Crippen LogP contribution < -0.4 is 5.32 Å². The summed E-state index contributed by atoms with van der Waals surface area (Å²) in [6.07, 6.45) is 11.4. The van der Waals surface area contributed by atoms with Crippen molar-refractivity contribution in [3.8, 4) is 0 Å². The number of hydrogen-bond donors (Lipinski definition) is 1. The molecule has 1 aliphatic carbocycles. The van der Waals surface area contributed by atoms with E-state index in [2.05, 4.69) is 31.0 Å². The highest BCUT2D eigenvalue weighted by atomic mass is 15.1. The summed E-state index contributed by atoms with van der Waals surface area (Å²) in [6, 6.07) is 1.50. The van der Waals surface area contributed by atoms with Crippen molar-refractivity contribution in [3.05, 3.63) is 0 Å². The standard InChI is InChI=1S/C18H36N2/c1-15(2)20-13-4-5-18(11-14-20)19-12-10-17-8-6-16(3)7-9-17/h15-19H,4-14H2,1-3H3. The van der Waals surface area contributed by atoms with Gasteiger partial charge in [-0.2, -0.15) is 0 Å². The summed E-state index contributed by atoms with van der Waals surface area (Å²) < 4.78 is 0. The maximum atomic E-state index is 3.85. The third-order valence-electron chi connectivity index (χ3n) is 5.61. The van der Waals surface area contributed by atoms with Gasteiger partial charge in [0.2, 0.25) is 0 Å². The Balaban J connectivity index is 1.59. The largest absolute Gasteiger partial charge is 0.314 e. The van der Waals surface area contributed by atoms with Crippen LogP contribution in [0.1, 0.15) is 72.1 Å². The van der Waals surface area contributed by atoms with Crippen molar-refractivity contribution < 1.29 is 0 Å². The number of likely N-dealkylation sites (tertiary alicyclic amines) is 1. The molecule has 1 heterocycles.